The van der Waals surface area contributed by atoms with E-state index in [1.165, 1.54) is 76.2 Å². The van der Waals surface area contributed by atoms with Crippen LogP contribution in [0.5, 0.6) is 0 Å². The molecule has 1 heterocycles. The van der Waals surface area contributed by atoms with E-state index >= 15 is 0 Å². The number of ether oxygens (including phenoxy) is 6. The Morgan fingerprint density at radius 1 is 0.556 bits per heavy atom. The van der Waals surface area contributed by atoms with Crippen molar-refractivity contribution in [1.29, 1.82) is 0 Å². The van der Waals surface area contributed by atoms with Crippen LogP contribution in [0.25, 0.3) is 0 Å². The maximum absolute atomic E-state index is 7.14. The zero-order chi connectivity index (χ0) is 43.8. The Morgan fingerprint density at radius 3 is 1.57 bits per heavy atom. The van der Waals surface area contributed by atoms with Crippen molar-refractivity contribution in [2.45, 2.75) is 185 Å². The summed E-state index contributed by atoms with van der Waals surface area (Å²) < 4.78 is 41.2. The third-order valence-corrected chi connectivity index (χ3v) is 12.4. The molecule has 0 bridgehead atoms. The van der Waals surface area contributed by atoms with E-state index < -0.39 is 18.0 Å². The first-order valence-electron chi connectivity index (χ1n) is 24.3. The van der Waals surface area contributed by atoms with E-state index in [1.54, 1.807) is 0 Å². The van der Waals surface area contributed by atoms with E-state index in [9.17, 15) is 0 Å². The average molecular weight is 860 g/mol. The predicted octanol–water partition coefficient (Wildman–Crippen LogP) is 12.9. The van der Waals surface area contributed by atoms with Crippen LogP contribution in [0.1, 0.15) is 133 Å². The lowest BCUT2D eigenvalue weighted by Crippen LogP contribution is -2.51. The van der Waals surface area contributed by atoms with Crippen LogP contribution in [-0.2, 0) is 54.8 Å². The van der Waals surface area contributed by atoms with Crippen molar-refractivity contribution in [2.75, 3.05) is 6.61 Å². The highest BCUT2D eigenvalue weighted by Gasteiger charge is 2.46. The first-order chi connectivity index (χ1) is 31.0. The number of unbranched alkanes of at least 4 members (excludes halogenated alkanes) is 11. The third kappa shape index (κ3) is 17.3. The van der Waals surface area contributed by atoms with E-state index in [2.05, 4.69) is 103 Å². The Morgan fingerprint density at radius 2 is 1.03 bits per heavy atom. The number of hydrogen-bond donors (Lipinski definition) is 1. The summed E-state index contributed by atoms with van der Waals surface area (Å²) in [5.41, 5.74) is 4.52. The predicted molar refractivity (Wildman–Crippen MR) is 255 cm³/mol. The minimum atomic E-state index is -0.689. The summed E-state index contributed by atoms with van der Waals surface area (Å²) in [6, 6.07) is 41.4. The minimum absolute atomic E-state index is 0.0446. The second kappa shape index (κ2) is 27.6. The van der Waals surface area contributed by atoms with Crippen LogP contribution in [0.4, 0.5) is 0 Å². The smallest absolute Gasteiger partial charge is 0.163 e. The van der Waals surface area contributed by atoms with E-state index in [0.717, 1.165) is 29.5 Å². The topological polar surface area (TPSA) is 67.4 Å². The highest BCUT2D eigenvalue weighted by Crippen LogP contribution is 2.34. The van der Waals surface area contributed by atoms with Gasteiger partial charge in [-0.2, -0.15) is 0 Å². The van der Waals surface area contributed by atoms with Crippen LogP contribution in [0.15, 0.2) is 133 Å². The van der Waals surface area contributed by atoms with Crippen molar-refractivity contribution in [1.82, 2.24) is 5.32 Å². The Hall–Kier alpha value is -3.66. The first-order valence-corrected chi connectivity index (χ1v) is 24.3. The highest BCUT2D eigenvalue weighted by atomic mass is 16.8. The molecular weight excluding hydrogens is 783 g/mol. The zero-order valence-corrected chi connectivity index (χ0v) is 38.6. The van der Waals surface area contributed by atoms with Crippen LogP contribution in [-0.4, -0.2) is 55.1 Å². The molecule has 0 saturated carbocycles. The molecule has 0 unspecified atom stereocenters. The molecule has 1 aliphatic carbocycles. The van der Waals surface area contributed by atoms with Gasteiger partial charge < -0.3 is 33.7 Å². The fourth-order valence-electron chi connectivity index (χ4n) is 8.95. The van der Waals surface area contributed by atoms with Crippen molar-refractivity contribution in [3.8, 4) is 0 Å². The maximum Gasteiger partial charge on any atom is 0.163 e. The first kappa shape index (κ1) is 48.8. The number of benzene rings is 4. The number of nitrogens with one attached hydrogen (secondary N) is 1. The third-order valence-electron chi connectivity index (χ3n) is 12.4. The average Bonchev–Trinajstić information content (AvgIpc) is 3.52. The monoisotopic (exact) mass is 860 g/mol. The molecule has 1 saturated heterocycles. The van der Waals surface area contributed by atoms with Crippen molar-refractivity contribution in [3.63, 3.8) is 0 Å². The lowest BCUT2D eigenvalue weighted by molar-refractivity contribution is -0.180. The quantitative estimate of drug-likeness (QED) is 0.0431. The van der Waals surface area contributed by atoms with Crippen LogP contribution in [0.3, 0.4) is 0 Å². The molecule has 63 heavy (non-hydrogen) atoms. The van der Waals surface area contributed by atoms with Gasteiger partial charge in [-0.3, -0.25) is 0 Å². The van der Waals surface area contributed by atoms with Gasteiger partial charge in [0.25, 0.3) is 0 Å². The molecule has 1 fully saturated rings. The summed E-state index contributed by atoms with van der Waals surface area (Å²) in [5.74, 6) is -0.689. The Kier molecular flexibility index (Phi) is 21.4. The van der Waals surface area contributed by atoms with Gasteiger partial charge in [-0.05, 0) is 48.9 Å². The van der Waals surface area contributed by atoms with E-state index in [4.69, 9.17) is 28.4 Å². The van der Waals surface area contributed by atoms with Gasteiger partial charge in [0.1, 0.15) is 24.4 Å². The number of hydrogen-bond acceptors (Lipinski definition) is 7. The highest BCUT2D eigenvalue weighted by molar-refractivity contribution is 5.17. The molecule has 0 aromatic heterocycles. The molecular formula is C56H77NO6. The molecule has 7 heteroatoms. The van der Waals surface area contributed by atoms with Gasteiger partial charge in [0.05, 0.1) is 44.7 Å². The summed E-state index contributed by atoms with van der Waals surface area (Å²) in [6.45, 7) is 8.79. The molecule has 7 nitrogen and oxygen atoms in total. The lowest BCUT2D eigenvalue weighted by Gasteiger charge is -2.36. The van der Waals surface area contributed by atoms with Crippen molar-refractivity contribution < 1.29 is 28.4 Å². The SMILES string of the molecule is CCCCCCCCCCCCCC[C@@H]1OC(C)(C)O[C@@H]1[C@@H](CO[C@@H]1CC=C[C@H](OCc2ccccc2)[C@@H](OCc2ccccc2)[C@H]1OCc1ccccc1)NCc1ccccc1. The van der Waals surface area contributed by atoms with Gasteiger partial charge >= 0.3 is 0 Å². The van der Waals surface area contributed by atoms with E-state index in [1.807, 2.05) is 56.3 Å². The van der Waals surface area contributed by atoms with Gasteiger partial charge in [0, 0.05) is 6.54 Å². The summed E-state index contributed by atoms with van der Waals surface area (Å²) in [5, 5.41) is 3.88. The summed E-state index contributed by atoms with van der Waals surface area (Å²) >= 11 is 0. The van der Waals surface area contributed by atoms with Crippen molar-refractivity contribution >= 4 is 0 Å². The van der Waals surface area contributed by atoms with Crippen LogP contribution in [0.2, 0.25) is 0 Å². The molecule has 1 N–H and O–H groups in total. The van der Waals surface area contributed by atoms with E-state index in [-0.39, 0.29) is 30.5 Å². The Labute approximate surface area is 380 Å². The fraction of sp³-hybridized carbons (Fsp3) is 0.536. The van der Waals surface area contributed by atoms with Crippen LogP contribution in [0, 0.1) is 0 Å². The summed E-state index contributed by atoms with van der Waals surface area (Å²) in [7, 11) is 0. The molecule has 0 amide bonds. The van der Waals surface area contributed by atoms with E-state index in [0.29, 0.717) is 39.4 Å². The van der Waals surface area contributed by atoms with Gasteiger partial charge in [-0.25, -0.2) is 0 Å². The lowest BCUT2D eigenvalue weighted by atomic mass is 9.98. The molecule has 6 rings (SSSR count). The Bertz CT molecular complexity index is 1790. The minimum Gasteiger partial charge on any atom is -0.373 e. The second-order valence-electron chi connectivity index (χ2n) is 18.1. The molecule has 7 atom stereocenters. The largest absolute Gasteiger partial charge is 0.373 e. The zero-order valence-electron chi connectivity index (χ0n) is 38.6. The molecule has 0 spiro atoms. The van der Waals surface area contributed by atoms with Crippen LogP contribution < -0.4 is 5.32 Å². The molecule has 1 aliphatic heterocycles. The molecule has 2 aliphatic rings. The fourth-order valence-corrected chi connectivity index (χ4v) is 8.95. The molecule has 4 aromatic rings. The normalized spacial score (nSPS) is 22.5. The standard InChI is InChI=1S/C56H77NO6/c1-4-5-6-7-8-9-10-11-12-13-14-27-37-52-53(63-56(2,3)62-52)49(57-40-45-29-19-15-20-30-45)44-59-51-39-28-38-50(58-41-46-31-21-16-22-32-46)54(60-42-47-33-23-17-24-34-47)55(51)61-43-48-35-25-18-26-36-48/h15-26,28-36,38,49-55,57H,4-14,27,37,39-44H2,1-3H3/t49-,50+,51-,52+,53-,54-,55+/m1/s1. The summed E-state index contributed by atoms with van der Waals surface area (Å²) in [6.07, 6.45) is 20.1. The van der Waals surface area contributed by atoms with Crippen LogP contribution >= 0.6 is 0 Å². The maximum atomic E-state index is 7.14. The van der Waals surface area contributed by atoms with Gasteiger partial charge in [0.2, 0.25) is 0 Å². The molecule has 4 aromatic carbocycles. The summed E-state index contributed by atoms with van der Waals surface area (Å²) in [4.78, 5) is 0. The second-order valence-corrected chi connectivity index (χ2v) is 18.1. The molecule has 342 valence electrons. The van der Waals surface area contributed by atoms with Gasteiger partial charge in [-0.15, -0.1) is 0 Å². The number of rotatable bonds is 29. The van der Waals surface area contributed by atoms with Crippen molar-refractivity contribution in [3.05, 3.63) is 156 Å². The van der Waals surface area contributed by atoms with Gasteiger partial charge in [-0.1, -0.05) is 217 Å². The van der Waals surface area contributed by atoms with Gasteiger partial charge in [0.15, 0.2) is 5.79 Å². The van der Waals surface area contributed by atoms with Crippen molar-refractivity contribution in [2.24, 2.45) is 0 Å². The Balaban J connectivity index is 1.16. The molecule has 0 radical (unpaired) electrons.